The molecule has 0 unspecified atom stereocenters. The summed E-state index contributed by atoms with van der Waals surface area (Å²) in [4.78, 5) is 15.3. The number of pyridine rings is 1. The molecule has 92 valence electrons. The van der Waals surface area contributed by atoms with Crippen LogP contribution >= 0.6 is 0 Å². The van der Waals surface area contributed by atoms with Crippen molar-refractivity contribution in [3.8, 4) is 5.75 Å². The highest BCUT2D eigenvalue weighted by molar-refractivity contribution is 6.02. The fourth-order valence-electron chi connectivity index (χ4n) is 1.90. The van der Waals surface area contributed by atoms with Crippen molar-refractivity contribution < 1.29 is 14.6 Å². The van der Waals surface area contributed by atoms with Gasteiger partial charge in [0.25, 0.3) is 0 Å². The van der Waals surface area contributed by atoms with Gasteiger partial charge in [-0.05, 0) is 43.0 Å². The molecule has 1 saturated carbocycles. The summed E-state index contributed by atoms with van der Waals surface area (Å²) in [6.07, 6.45) is 3.97. The van der Waals surface area contributed by atoms with E-state index in [2.05, 4.69) is 4.98 Å². The molecule has 1 heterocycles. The second kappa shape index (κ2) is 4.29. The molecule has 0 spiro atoms. The molecule has 1 fully saturated rings. The number of carbonyl (C=O) groups is 1. The number of fused-ring (bicyclic) bond motifs is 1. The minimum absolute atomic E-state index is 0.261. The van der Waals surface area contributed by atoms with Crippen molar-refractivity contribution >= 4 is 16.9 Å². The molecule has 1 aliphatic carbocycles. The maximum atomic E-state index is 11.1. The van der Waals surface area contributed by atoms with Gasteiger partial charge >= 0.3 is 5.97 Å². The summed E-state index contributed by atoms with van der Waals surface area (Å²) >= 11 is 0. The Morgan fingerprint density at radius 1 is 1.39 bits per heavy atom. The van der Waals surface area contributed by atoms with Gasteiger partial charge in [-0.25, -0.2) is 4.79 Å². The Morgan fingerprint density at radius 2 is 2.22 bits per heavy atom. The summed E-state index contributed by atoms with van der Waals surface area (Å²) < 4.78 is 5.65. The fraction of sp³-hybridized carbons (Fsp3) is 0.286. The summed E-state index contributed by atoms with van der Waals surface area (Å²) in [5.41, 5.74) is 0.936. The Morgan fingerprint density at radius 3 is 2.94 bits per heavy atom. The zero-order valence-corrected chi connectivity index (χ0v) is 9.80. The predicted octanol–water partition coefficient (Wildman–Crippen LogP) is 2.72. The van der Waals surface area contributed by atoms with Crippen LogP contribution in [0.2, 0.25) is 0 Å². The number of aromatic carboxylic acids is 1. The lowest BCUT2D eigenvalue weighted by Crippen LogP contribution is -2.01. The van der Waals surface area contributed by atoms with Crippen LogP contribution in [0.25, 0.3) is 10.9 Å². The maximum absolute atomic E-state index is 11.1. The number of rotatable bonds is 4. The number of benzene rings is 1. The molecular formula is C14H13NO3. The summed E-state index contributed by atoms with van der Waals surface area (Å²) in [6.45, 7) is 0.716. The van der Waals surface area contributed by atoms with Gasteiger partial charge in [-0.3, -0.25) is 4.98 Å². The molecule has 2 aromatic rings. The quantitative estimate of drug-likeness (QED) is 0.896. The third-order valence-corrected chi connectivity index (χ3v) is 3.13. The van der Waals surface area contributed by atoms with Crippen LogP contribution in [0.4, 0.5) is 0 Å². The van der Waals surface area contributed by atoms with E-state index in [0.29, 0.717) is 29.2 Å². The molecule has 1 aliphatic rings. The first-order valence-corrected chi connectivity index (χ1v) is 5.99. The van der Waals surface area contributed by atoms with Crippen molar-refractivity contribution in [1.29, 1.82) is 0 Å². The van der Waals surface area contributed by atoms with E-state index >= 15 is 0 Å². The highest BCUT2D eigenvalue weighted by atomic mass is 16.5. The minimum atomic E-state index is -0.943. The van der Waals surface area contributed by atoms with Gasteiger partial charge in [-0.1, -0.05) is 0 Å². The van der Waals surface area contributed by atoms with E-state index in [-0.39, 0.29) is 5.56 Å². The monoisotopic (exact) mass is 243 g/mol. The smallest absolute Gasteiger partial charge is 0.336 e. The van der Waals surface area contributed by atoms with Crippen molar-refractivity contribution in [3.05, 3.63) is 36.0 Å². The van der Waals surface area contributed by atoms with Crippen LogP contribution in [0.5, 0.6) is 5.75 Å². The molecule has 1 aromatic carbocycles. The van der Waals surface area contributed by atoms with Crippen molar-refractivity contribution in [2.24, 2.45) is 5.92 Å². The maximum Gasteiger partial charge on any atom is 0.336 e. The van der Waals surface area contributed by atoms with Gasteiger partial charge in [0.2, 0.25) is 0 Å². The Hall–Kier alpha value is -2.10. The van der Waals surface area contributed by atoms with Crippen LogP contribution in [0, 0.1) is 5.92 Å². The van der Waals surface area contributed by atoms with Gasteiger partial charge in [-0.15, -0.1) is 0 Å². The van der Waals surface area contributed by atoms with Crippen molar-refractivity contribution in [3.63, 3.8) is 0 Å². The zero-order chi connectivity index (χ0) is 12.5. The lowest BCUT2D eigenvalue weighted by atomic mass is 10.1. The average molecular weight is 243 g/mol. The van der Waals surface area contributed by atoms with Gasteiger partial charge in [-0.2, -0.15) is 0 Å². The van der Waals surface area contributed by atoms with Crippen molar-refractivity contribution in [2.45, 2.75) is 12.8 Å². The molecular weight excluding hydrogens is 230 g/mol. The minimum Gasteiger partial charge on any atom is -0.493 e. The lowest BCUT2D eigenvalue weighted by Gasteiger charge is -2.07. The van der Waals surface area contributed by atoms with Gasteiger partial charge < -0.3 is 9.84 Å². The Bertz CT molecular complexity index is 605. The number of nitrogens with zero attached hydrogens (tertiary/aromatic N) is 1. The topological polar surface area (TPSA) is 59.4 Å². The molecule has 0 saturated heterocycles. The number of carboxylic acid groups (broad SMARTS) is 1. The predicted molar refractivity (Wildman–Crippen MR) is 66.9 cm³/mol. The van der Waals surface area contributed by atoms with Crippen LogP contribution < -0.4 is 4.74 Å². The highest BCUT2D eigenvalue weighted by Crippen LogP contribution is 2.30. The third-order valence-electron chi connectivity index (χ3n) is 3.13. The number of aromatic nitrogens is 1. The van der Waals surface area contributed by atoms with E-state index in [4.69, 9.17) is 9.84 Å². The summed E-state index contributed by atoms with van der Waals surface area (Å²) in [6, 6.07) is 6.90. The summed E-state index contributed by atoms with van der Waals surface area (Å²) in [7, 11) is 0. The second-order valence-electron chi connectivity index (χ2n) is 4.60. The molecule has 0 bridgehead atoms. The molecule has 4 nitrogen and oxygen atoms in total. The summed E-state index contributed by atoms with van der Waals surface area (Å²) in [5.74, 6) is 0.445. The highest BCUT2D eigenvalue weighted by Gasteiger charge is 2.22. The van der Waals surface area contributed by atoms with Crippen LogP contribution in [0.15, 0.2) is 30.5 Å². The van der Waals surface area contributed by atoms with Gasteiger partial charge in [0, 0.05) is 11.6 Å². The Kier molecular flexibility index (Phi) is 2.63. The normalized spacial score (nSPS) is 14.7. The van der Waals surface area contributed by atoms with Crippen LogP contribution in [-0.4, -0.2) is 22.7 Å². The molecule has 4 heteroatoms. The number of hydrogen-bond acceptors (Lipinski definition) is 3. The average Bonchev–Trinajstić information content (AvgIpc) is 3.19. The number of hydrogen-bond donors (Lipinski definition) is 1. The molecule has 0 radical (unpaired) electrons. The number of carboxylic acids is 1. The Balaban J connectivity index is 1.97. The van der Waals surface area contributed by atoms with E-state index in [9.17, 15) is 4.79 Å². The molecule has 18 heavy (non-hydrogen) atoms. The van der Waals surface area contributed by atoms with Crippen LogP contribution in [-0.2, 0) is 0 Å². The van der Waals surface area contributed by atoms with Gasteiger partial charge in [0.15, 0.2) is 0 Å². The van der Waals surface area contributed by atoms with E-state index < -0.39 is 5.97 Å². The van der Waals surface area contributed by atoms with E-state index in [1.165, 1.54) is 25.1 Å². The SMILES string of the molecule is O=C(O)c1ccnc2ccc(OCC3CC3)cc12. The van der Waals surface area contributed by atoms with E-state index in [0.717, 1.165) is 0 Å². The lowest BCUT2D eigenvalue weighted by molar-refractivity contribution is 0.0699. The second-order valence-corrected chi connectivity index (χ2v) is 4.60. The first-order chi connectivity index (χ1) is 8.74. The molecule has 1 N–H and O–H groups in total. The zero-order valence-electron chi connectivity index (χ0n) is 9.80. The largest absolute Gasteiger partial charge is 0.493 e. The molecule has 0 aliphatic heterocycles. The molecule has 0 atom stereocenters. The molecule has 3 rings (SSSR count). The Labute approximate surface area is 104 Å². The fourth-order valence-corrected chi connectivity index (χ4v) is 1.90. The van der Waals surface area contributed by atoms with Gasteiger partial charge in [0.1, 0.15) is 5.75 Å². The molecule has 1 aromatic heterocycles. The van der Waals surface area contributed by atoms with Crippen LogP contribution in [0.1, 0.15) is 23.2 Å². The van der Waals surface area contributed by atoms with Crippen molar-refractivity contribution in [2.75, 3.05) is 6.61 Å². The third kappa shape index (κ3) is 2.14. The van der Waals surface area contributed by atoms with Crippen molar-refractivity contribution in [1.82, 2.24) is 4.98 Å². The van der Waals surface area contributed by atoms with E-state index in [1.807, 2.05) is 6.07 Å². The standard InChI is InChI=1S/C14H13NO3/c16-14(17)11-5-6-15-13-4-3-10(7-12(11)13)18-8-9-1-2-9/h3-7,9H,1-2,8H2,(H,16,17). The first kappa shape index (κ1) is 11.0. The van der Waals surface area contributed by atoms with Gasteiger partial charge in [0.05, 0.1) is 17.7 Å². The molecule has 0 amide bonds. The van der Waals surface area contributed by atoms with E-state index in [1.54, 1.807) is 12.1 Å². The first-order valence-electron chi connectivity index (χ1n) is 5.99. The summed E-state index contributed by atoms with van der Waals surface area (Å²) in [5, 5.41) is 9.76. The van der Waals surface area contributed by atoms with Crippen LogP contribution in [0.3, 0.4) is 0 Å². The number of ether oxygens (including phenoxy) is 1.